The molecule has 0 fully saturated rings. The molecular weight excluding hydrogens is 221 g/mol. The van der Waals surface area contributed by atoms with Gasteiger partial charge in [0, 0.05) is 11.3 Å². The molecule has 0 bridgehead atoms. The first-order valence-corrected chi connectivity index (χ1v) is 5.69. The lowest BCUT2D eigenvalue weighted by atomic mass is 10.3. The van der Waals surface area contributed by atoms with Crippen LogP contribution in [-0.4, -0.2) is 4.98 Å². The van der Waals surface area contributed by atoms with Crippen molar-refractivity contribution in [3.63, 3.8) is 0 Å². The molecule has 0 saturated carbocycles. The number of terminal acetylenes is 1. The maximum absolute atomic E-state index is 12.7. The summed E-state index contributed by atoms with van der Waals surface area (Å²) in [6, 6.07) is 0. The Morgan fingerprint density at radius 2 is 2.06 bits per heavy atom. The van der Waals surface area contributed by atoms with Crippen molar-refractivity contribution in [2.24, 2.45) is 0 Å². The number of allylic oxidation sites excluding steroid dienone is 4. The van der Waals surface area contributed by atoms with Crippen LogP contribution in [0.25, 0.3) is 0 Å². The highest BCUT2D eigenvalue weighted by atomic mass is 32.1. The van der Waals surface area contributed by atoms with Crippen LogP contribution in [0.3, 0.4) is 0 Å². The van der Waals surface area contributed by atoms with Crippen LogP contribution in [0.1, 0.15) is 22.5 Å². The molecule has 0 aliphatic heterocycles. The average molecular weight is 237 g/mol. The van der Waals surface area contributed by atoms with E-state index in [9.17, 15) is 4.39 Å². The van der Waals surface area contributed by atoms with Crippen LogP contribution in [0.2, 0.25) is 0 Å². The average Bonchev–Trinajstić information content (AvgIpc) is 2.60. The first kappa shape index (κ1) is 14.6. The van der Waals surface area contributed by atoms with E-state index in [0.717, 1.165) is 17.1 Å². The molecular formula is C13H16FNS. The summed E-state index contributed by atoms with van der Waals surface area (Å²) in [5, 5.41) is 1.07. The van der Waals surface area contributed by atoms with Crippen LogP contribution < -0.4 is 0 Å². The Bertz CT molecular complexity index is 399. The molecule has 1 nitrogen and oxygen atoms in total. The Hall–Kier alpha value is -1.40. The second-order valence-electron chi connectivity index (χ2n) is 3.02. The first-order chi connectivity index (χ1) is 7.63. The lowest BCUT2D eigenvalue weighted by molar-refractivity contribution is 0.664. The molecule has 1 aromatic rings. The molecule has 16 heavy (non-hydrogen) atoms. The largest absolute Gasteiger partial charge is 0.247 e. The Labute approximate surface area is 101 Å². The van der Waals surface area contributed by atoms with Gasteiger partial charge in [-0.25, -0.2) is 9.37 Å². The summed E-state index contributed by atoms with van der Waals surface area (Å²) < 4.78 is 12.7. The summed E-state index contributed by atoms with van der Waals surface area (Å²) in [7, 11) is 0. The van der Waals surface area contributed by atoms with Gasteiger partial charge >= 0.3 is 0 Å². The fourth-order valence-electron chi connectivity index (χ4n) is 1.14. The SMILES string of the molecule is C#C.C/C=C(F)\C=C/Cc1sc(C)nc1C. The van der Waals surface area contributed by atoms with Gasteiger partial charge in [-0.2, -0.15) is 0 Å². The van der Waals surface area contributed by atoms with E-state index in [0.29, 0.717) is 0 Å². The highest BCUT2D eigenvalue weighted by Crippen LogP contribution is 2.18. The molecule has 0 saturated heterocycles. The van der Waals surface area contributed by atoms with Crippen LogP contribution in [0.4, 0.5) is 4.39 Å². The molecule has 0 aliphatic carbocycles. The van der Waals surface area contributed by atoms with Gasteiger partial charge in [0.2, 0.25) is 0 Å². The summed E-state index contributed by atoms with van der Waals surface area (Å²) in [4.78, 5) is 5.52. The number of aryl methyl sites for hydroxylation is 2. The van der Waals surface area contributed by atoms with Gasteiger partial charge in [0.1, 0.15) is 5.83 Å². The summed E-state index contributed by atoms with van der Waals surface area (Å²) >= 11 is 1.67. The molecule has 0 spiro atoms. The van der Waals surface area contributed by atoms with Gasteiger partial charge < -0.3 is 0 Å². The zero-order valence-electron chi connectivity index (χ0n) is 9.83. The Morgan fingerprint density at radius 3 is 2.50 bits per heavy atom. The summed E-state index contributed by atoms with van der Waals surface area (Å²) in [5.41, 5.74) is 1.05. The smallest absolute Gasteiger partial charge is 0.118 e. The number of hydrogen-bond acceptors (Lipinski definition) is 2. The van der Waals surface area contributed by atoms with Crippen molar-refractivity contribution in [2.45, 2.75) is 27.2 Å². The van der Waals surface area contributed by atoms with Crippen LogP contribution in [0.15, 0.2) is 24.1 Å². The van der Waals surface area contributed by atoms with Crippen molar-refractivity contribution in [3.05, 3.63) is 39.6 Å². The molecule has 3 heteroatoms. The normalized spacial score (nSPS) is 11.2. The van der Waals surface area contributed by atoms with Gasteiger partial charge in [-0.3, -0.25) is 0 Å². The molecule has 0 N–H and O–H groups in total. The van der Waals surface area contributed by atoms with Crippen LogP contribution >= 0.6 is 11.3 Å². The van der Waals surface area contributed by atoms with Gasteiger partial charge in [0.25, 0.3) is 0 Å². The Kier molecular flexibility index (Phi) is 7.15. The number of halogens is 1. The number of rotatable bonds is 3. The second-order valence-corrected chi connectivity index (χ2v) is 4.31. The molecule has 1 heterocycles. The van der Waals surface area contributed by atoms with Crippen molar-refractivity contribution in [3.8, 4) is 12.8 Å². The molecule has 86 valence electrons. The minimum absolute atomic E-state index is 0.191. The molecule has 1 aromatic heterocycles. The third-order valence-corrected chi connectivity index (χ3v) is 2.95. The van der Waals surface area contributed by atoms with Crippen molar-refractivity contribution in [1.82, 2.24) is 4.98 Å². The van der Waals surface area contributed by atoms with Crippen molar-refractivity contribution in [1.29, 1.82) is 0 Å². The minimum atomic E-state index is -0.191. The van der Waals surface area contributed by atoms with Gasteiger partial charge in [0.15, 0.2) is 0 Å². The fraction of sp³-hybridized carbons (Fsp3) is 0.308. The van der Waals surface area contributed by atoms with Crippen LogP contribution in [-0.2, 0) is 6.42 Å². The lowest BCUT2D eigenvalue weighted by Crippen LogP contribution is -1.80. The zero-order valence-corrected chi connectivity index (χ0v) is 10.6. The summed E-state index contributed by atoms with van der Waals surface area (Å²) in [5.74, 6) is -0.191. The number of thiazole rings is 1. The van der Waals surface area contributed by atoms with Gasteiger partial charge in [0.05, 0.1) is 10.7 Å². The van der Waals surface area contributed by atoms with Crippen LogP contribution in [0, 0.1) is 26.7 Å². The predicted octanol–water partition coefficient (Wildman–Crippen LogP) is 3.98. The number of aromatic nitrogens is 1. The molecule has 0 unspecified atom stereocenters. The number of hydrogen-bond donors (Lipinski definition) is 0. The van der Waals surface area contributed by atoms with Crippen molar-refractivity contribution < 1.29 is 4.39 Å². The molecule has 1 rings (SSSR count). The van der Waals surface area contributed by atoms with E-state index in [-0.39, 0.29) is 5.83 Å². The first-order valence-electron chi connectivity index (χ1n) is 4.88. The minimum Gasteiger partial charge on any atom is -0.247 e. The molecule has 0 amide bonds. The Morgan fingerprint density at radius 1 is 1.44 bits per heavy atom. The Balaban J connectivity index is 0.00000106. The topological polar surface area (TPSA) is 12.9 Å². The van der Waals surface area contributed by atoms with E-state index in [1.54, 1.807) is 18.3 Å². The lowest BCUT2D eigenvalue weighted by Gasteiger charge is -1.90. The van der Waals surface area contributed by atoms with E-state index < -0.39 is 0 Å². The summed E-state index contributed by atoms with van der Waals surface area (Å²) in [6.07, 6.45) is 13.5. The molecule has 0 aromatic carbocycles. The second kappa shape index (κ2) is 7.84. The van der Waals surface area contributed by atoms with E-state index in [1.807, 2.05) is 19.9 Å². The highest BCUT2D eigenvalue weighted by molar-refractivity contribution is 7.11. The van der Waals surface area contributed by atoms with Gasteiger partial charge in [-0.15, -0.1) is 24.2 Å². The monoisotopic (exact) mass is 237 g/mol. The standard InChI is InChI=1S/C11H14FNS.C2H2/c1-4-10(12)6-5-7-11-8(2)13-9(3)14-11;1-2/h4-6H,7H2,1-3H3;1-2H/b6-5-,10-4+;. The van der Waals surface area contributed by atoms with E-state index in [4.69, 9.17) is 0 Å². The van der Waals surface area contributed by atoms with Crippen molar-refractivity contribution >= 4 is 11.3 Å². The third-order valence-electron chi connectivity index (χ3n) is 1.86. The molecule has 0 atom stereocenters. The van der Waals surface area contributed by atoms with Gasteiger partial charge in [-0.1, -0.05) is 12.2 Å². The van der Waals surface area contributed by atoms with Crippen molar-refractivity contribution in [2.75, 3.05) is 0 Å². The van der Waals surface area contributed by atoms with E-state index in [2.05, 4.69) is 17.8 Å². The maximum Gasteiger partial charge on any atom is 0.118 e. The van der Waals surface area contributed by atoms with E-state index >= 15 is 0 Å². The maximum atomic E-state index is 12.7. The fourth-order valence-corrected chi connectivity index (χ4v) is 2.05. The number of nitrogens with zero attached hydrogens (tertiary/aromatic N) is 1. The third kappa shape index (κ3) is 4.90. The molecule has 0 radical (unpaired) electrons. The zero-order chi connectivity index (χ0) is 12.6. The quantitative estimate of drug-likeness (QED) is 0.572. The molecule has 0 aliphatic rings. The predicted molar refractivity (Wildman–Crippen MR) is 69.2 cm³/mol. The summed E-state index contributed by atoms with van der Waals surface area (Å²) in [6.45, 7) is 5.65. The van der Waals surface area contributed by atoms with E-state index in [1.165, 1.54) is 17.0 Å². The van der Waals surface area contributed by atoms with Gasteiger partial charge in [-0.05, 0) is 26.8 Å². The van der Waals surface area contributed by atoms with Crippen LogP contribution in [0.5, 0.6) is 0 Å². The highest BCUT2D eigenvalue weighted by Gasteiger charge is 2.01.